The Morgan fingerprint density at radius 1 is 1.25 bits per heavy atom. The van der Waals surface area contributed by atoms with Crippen LogP contribution in [0, 0.1) is 6.92 Å². The Hall–Kier alpha value is -1.61. The first-order valence-corrected chi connectivity index (χ1v) is 5.55. The second-order valence-electron chi connectivity index (χ2n) is 4.00. The Morgan fingerprint density at radius 2 is 2.00 bits per heavy atom. The molecule has 0 amide bonds. The third-order valence-corrected chi connectivity index (χ3v) is 2.64. The molecule has 1 heterocycles. The van der Waals surface area contributed by atoms with Gasteiger partial charge in [0.2, 0.25) is 0 Å². The summed E-state index contributed by atoms with van der Waals surface area (Å²) in [4.78, 5) is 4.30. The topological polar surface area (TPSA) is 43.8 Å². The molecule has 2 rings (SSSR count). The second kappa shape index (κ2) is 4.94. The van der Waals surface area contributed by atoms with Crippen molar-refractivity contribution in [3.05, 3.63) is 53.6 Å². The monoisotopic (exact) mass is 215 g/mol. The molecular weight excluding hydrogens is 198 g/mol. The number of hydrogen-bond donors (Lipinski definition) is 1. The van der Waals surface area contributed by atoms with Gasteiger partial charge in [-0.15, -0.1) is 0 Å². The SMILES string of the molecule is Cc1ccc(Cn2ccnc2CCN)cc1. The summed E-state index contributed by atoms with van der Waals surface area (Å²) < 4.78 is 2.15. The number of nitrogens with zero attached hydrogens (tertiary/aromatic N) is 2. The average Bonchev–Trinajstić information content (AvgIpc) is 2.70. The van der Waals surface area contributed by atoms with Crippen molar-refractivity contribution in [2.75, 3.05) is 6.54 Å². The fourth-order valence-corrected chi connectivity index (χ4v) is 1.73. The number of hydrogen-bond acceptors (Lipinski definition) is 2. The van der Waals surface area contributed by atoms with Gasteiger partial charge in [0, 0.05) is 25.4 Å². The summed E-state index contributed by atoms with van der Waals surface area (Å²) >= 11 is 0. The second-order valence-corrected chi connectivity index (χ2v) is 4.00. The van der Waals surface area contributed by atoms with Crippen molar-refractivity contribution in [2.24, 2.45) is 5.73 Å². The summed E-state index contributed by atoms with van der Waals surface area (Å²) in [5.74, 6) is 1.06. The van der Waals surface area contributed by atoms with Gasteiger partial charge in [0.25, 0.3) is 0 Å². The van der Waals surface area contributed by atoms with Crippen LogP contribution in [0.1, 0.15) is 17.0 Å². The van der Waals surface area contributed by atoms with E-state index in [-0.39, 0.29) is 0 Å². The normalized spacial score (nSPS) is 10.6. The van der Waals surface area contributed by atoms with Crippen LogP contribution in [0.3, 0.4) is 0 Å². The van der Waals surface area contributed by atoms with Gasteiger partial charge in [0.05, 0.1) is 0 Å². The standard InChI is InChI=1S/C13H17N3/c1-11-2-4-12(5-3-11)10-16-9-8-15-13(16)6-7-14/h2-5,8-9H,6-7,10,14H2,1H3. The van der Waals surface area contributed by atoms with Crippen LogP contribution < -0.4 is 5.73 Å². The van der Waals surface area contributed by atoms with E-state index >= 15 is 0 Å². The van der Waals surface area contributed by atoms with E-state index in [1.807, 2.05) is 12.4 Å². The summed E-state index contributed by atoms with van der Waals surface area (Å²) in [7, 11) is 0. The Labute approximate surface area is 95.9 Å². The summed E-state index contributed by atoms with van der Waals surface area (Å²) in [5, 5.41) is 0. The van der Waals surface area contributed by atoms with E-state index < -0.39 is 0 Å². The minimum absolute atomic E-state index is 0.644. The number of rotatable bonds is 4. The molecule has 0 fully saturated rings. The van der Waals surface area contributed by atoms with E-state index in [1.54, 1.807) is 0 Å². The zero-order chi connectivity index (χ0) is 11.4. The molecule has 84 valence electrons. The van der Waals surface area contributed by atoms with Crippen LogP contribution in [0.25, 0.3) is 0 Å². The van der Waals surface area contributed by atoms with E-state index in [0.717, 1.165) is 18.8 Å². The Morgan fingerprint density at radius 3 is 2.69 bits per heavy atom. The van der Waals surface area contributed by atoms with Crippen LogP contribution in [-0.4, -0.2) is 16.1 Å². The summed E-state index contributed by atoms with van der Waals surface area (Å²) in [6.45, 7) is 3.61. The Balaban J connectivity index is 2.13. The third-order valence-electron chi connectivity index (χ3n) is 2.64. The first-order valence-electron chi connectivity index (χ1n) is 5.55. The molecule has 0 aliphatic carbocycles. The van der Waals surface area contributed by atoms with Crippen LogP contribution in [0.4, 0.5) is 0 Å². The van der Waals surface area contributed by atoms with Crippen LogP contribution in [0.2, 0.25) is 0 Å². The van der Waals surface area contributed by atoms with Gasteiger partial charge in [-0.2, -0.15) is 0 Å². The maximum atomic E-state index is 5.55. The first-order chi connectivity index (χ1) is 7.79. The van der Waals surface area contributed by atoms with Crippen molar-refractivity contribution in [3.8, 4) is 0 Å². The van der Waals surface area contributed by atoms with Gasteiger partial charge in [-0.05, 0) is 19.0 Å². The van der Waals surface area contributed by atoms with Crippen molar-refractivity contribution in [1.29, 1.82) is 0 Å². The molecule has 16 heavy (non-hydrogen) atoms. The molecule has 0 spiro atoms. The molecule has 0 radical (unpaired) electrons. The molecular formula is C13H17N3. The van der Waals surface area contributed by atoms with Crippen molar-refractivity contribution >= 4 is 0 Å². The van der Waals surface area contributed by atoms with Crippen molar-refractivity contribution in [3.63, 3.8) is 0 Å². The van der Waals surface area contributed by atoms with E-state index in [4.69, 9.17) is 5.73 Å². The number of aromatic nitrogens is 2. The number of benzene rings is 1. The predicted molar refractivity (Wildman–Crippen MR) is 65.3 cm³/mol. The highest BCUT2D eigenvalue weighted by Crippen LogP contribution is 2.07. The van der Waals surface area contributed by atoms with Gasteiger partial charge in [0.15, 0.2) is 0 Å². The van der Waals surface area contributed by atoms with Crippen molar-refractivity contribution in [2.45, 2.75) is 19.9 Å². The quantitative estimate of drug-likeness (QED) is 0.844. The first kappa shape index (κ1) is 10.9. The van der Waals surface area contributed by atoms with Crippen LogP contribution in [0.15, 0.2) is 36.7 Å². The number of imidazole rings is 1. The lowest BCUT2D eigenvalue weighted by Crippen LogP contribution is -2.10. The minimum atomic E-state index is 0.644. The highest BCUT2D eigenvalue weighted by atomic mass is 15.1. The smallest absolute Gasteiger partial charge is 0.110 e. The zero-order valence-electron chi connectivity index (χ0n) is 9.56. The molecule has 3 nitrogen and oxygen atoms in total. The summed E-state index contributed by atoms with van der Waals surface area (Å²) in [6.07, 6.45) is 4.67. The van der Waals surface area contributed by atoms with Gasteiger partial charge >= 0.3 is 0 Å². The van der Waals surface area contributed by atoms with Gasteiger partial charge in [-0.25, -0.2) is 4.98 Å². The lowest BCUT2D eigenvalue weighted by molar-refractivity contribution is 0.716. The van der Waals surface area contributed by atoms with E-state index in [2.05, 4.69) is 40.7 Å². The van der Waals surface area contributed by atoms with Crippen molar-refractivity contribution in [1.82, 2.24) is 9.55 Å². The largest absolute Gasteiger partial charge is 0.330 e. The Kier molecular flexibility index (Phi) is 3.37. The maximum absolute atomic E-state index is 5.55. The molecule has 0 unspecified atom stereocenters. The van der Waals surface area contributed by atoms with Gasteiger partial charge in [0.1, 0.15) is 5.82 Å². The maximum Gasteiger partial charge on any atom is 0.110 e. The fourth-order valence-electron chi connectivity index (χ4n) is 1.73. The Bertz CT molecular complexity index is 442. The summed E-state index contributed by atoms with van der Waals surface area (Å²) in [5.41, 5.74) is 8.13. The van der Waals surface area contributed by atoms with Gasteiger partial charge in [-0.1, -0.05) is 29.8 Å². The van der Waals surface area contributed by atoms with E-state index in [0.29, 0.717) is 6.54 Å². The third kappa shape index (κ3) is 2.49. The van der Waals surface area contributed by atoms with E-state index in [9.17, 15) is 0 Å². The molecule has 0 saturated carbocycles. The highest BCUT2D eigenvalue weighted by Gasteiger charge is 2.02. The fraction of sp³-hybridized carbons (Fsp3) is 0.308. The van der Waals surface area contributed by atoms with Gasteiger partial charge < -0.3 is 10.3 Å². The molecule has 2 N–H and O–H groups in total. The molecule has 0 bridgehead atoms. The number of aryl methyl sites for hydroxylation is 1. The van der Waals surface area contributed by atoms with Crippen LogP contribution >= 0.6 is 0 Å². The molecule has 2 aromatic rings. The van der Waals surface area contributed by atoms with Crippen LogP contribution in [0.5, 0.6) is 0 Å². The highest BCUT2D eigenvalue weighted by molar-refractivity contribution is 5.21. The average molecular weight is 215 g/mol. The van der Waals surface area contributed by atoms with Crippen LogP contribution in [-0.2, 0) is 13.0 Å². The molecule has 0 saturated heterocycles. The number of nitrogens with two attached hydrogens (primary N) is 1. The lowest BCUT2D eigenvalue weighted by atomic mass is 10.1. The van der Waals surface area contributed by atoms with Crippen molar-refractivity contribution < 1.29 is 0 Å². The molecule has 1 aromatic carbocycles. The molecule has 0 aliphatic heterocycles. The van der Waals surface area contributed by atoms with Gasteiger partial charge in [-0.3, -0.25) is 0 Å². The summed E-state index contributed by atoms with van der Waals surface area (Å²) in [6, 6.07) is 8.58. The molecule has 1 aromatic heterocycles. The molecule has 0 atom stereocenters. The minimum Gasteiger partial charge on any atom is -0.330 e. The molecule has 0 aliphatic rings. The predicted octanol–water partition coefficient (Wildman–Crippen LogP) is 1.74. The molecule has 3 heteroatoms. The van der Waals surface area contributed by atoms with E-state index in [1.165, 1.54) is 11.1 Å². The lowest BCUT2D eigenvalue weighted by Gasteiger charge is -2.07. The zero-order valence-corrected chi connectivity index (χ0v) is 9.56.